The number of aryl methyl sites for hydroxylation is 2. The third-order valence-corrected chi connectivity index (χ3v) is 7.43. The number of nitrogens with one attached hydrogen (secondary N) is 2. The summed E-state index contributed by atoms with van der Waals surface area (Å²) in [5.74, 6) is 0. The second-order valence-corrected chi connectivity index (χ2v) is 9.39. The molecule has 1 aromatic rings. The lowest BCUT2D eigenvalue weighted by Crippen LogP contribution is -3.23. The Bertz CT molecular complexity index is 691. The van der Waals surface area contributed by atoms with Gasteiger partial charge in [0.25, 0.3) is 0 Å². The number of hydrogen-bond donors (Lipinski definition) is 2. The van der Waals surface area contributed by atoms with Gasteiger partial charge in [-0.1, -0.05) is 18.6 Å². The second kappa shape index (κ2) is 7.74. The van der Waals surface area contributed by atoms with Gasteiger partial charge in [0.15, 0.2) is 0 Å². The molecular formula is C19H31N2O3S+. The number of benzene rings is 1. The van der Waals surface area contributed by atoms with Crippen LogP contribution in [0.25, 0.3) is 0 Å². The molecule has 0 spiro atoms. The molecule has 1 aliphatic carbocycles. The van der Waals surface area contributed by atoms with E-state index in [2.05, 4.69) is 4.72 Å². The summed E-state index contributed by atoms with van der Waals surface area (Å²) < 4.78 is 34.3. The van der Waals surface area contributed by atoms with Gasteiger partial charge in [0.05, 0.1) is 24.7 Å². The number of quaternary nitrogens is 1. The molecule has 140 valence electrons. The van der Waals surface area contributed by atoms with Crippen molar-refractivity contribution in [2.75, 3.05) is 32.8 Å². The zero-order valence-electron chi connectivity index (χ0n) is 15.4. The fourth-order valence-electron chi connectivity index (χ4n) is 4.34. The van der Waals surface area contributed by atoms with Gasteiger partial charge in [0.2, 0.25) is 10.0 Å². The molecule has 1 aromatic carbocycles. The first-order valence-corrected chi connectivity index (χ1v) is 10.9. The highest BCUT2D eigenvalue weighted by atomic mass is 32.2. The highest BCUT2D eigenvalue weighted by Crippen LogP contribution is 2.26. The van der Waals surface area contributed by atoms with Crippen LogP contribution in [0, 0.1) is 13.8 Å². The summed E-state index contributed by atoms with van der Waals surface area (Å²) in [6, 6.07) is 5.61. The summed E-state index contributed by atoms with van der Waals surface area (Å²) in [7, 11) is -3.48. The van der Waals surface area contributed by atoms with Gasteiger partial charge in [-0.15, -0.1) is 0 Å². The molecule has 1 aliphatic heterocycles. The molecule has 0 aromatic heterocycles. The molecule has 2 aliphatic rings. The number of hydrogen-bond acceptors (Lipinski definition) is 3. The molecule has 6 heteroatoms. The van der Waals surface area contributed by atoms with E-state index in [0.717, 1.165) is 50.3 Å². The van der Waals surface area contributed by atoms with E-state index in [1.54, 1.807) is 6.07 Å². The minimum atomic E-state index is -3.48. The largest absolute Gasteiger partial charge is 0.370 e. The number of sulfonamides is 1. The van der Waals surface area contributed by atoms with E-state index in [9.17, 15) is 8.42 Å². The summed E-state index contributed by atoms with van der Waals surface area (Å²) in [5.41, 5.74) is 1.79. The van der Waals surface area contributed by atoms with Crippen molar-refractivity contribution in [3.05, 3.63) is 29.3 Å². The molecular weight excluding hydrogens is 336 g/mol. The molecule has 5 nitrogen and oxygen atoms in total. The molecule has 25 heavy (non-hydrogen) atoms. The van der Waals surface area contributed by atoms with E-state index < -0.39 is 10.0 Å². The molecule has 2 N–H and O–H groups in total. The molecule has 0 atom stereocenters. The summed E-state index contributed by atoms with van der Waals surface area (Å²) in [5, 5.41) is 0. The topological polar surface area (TPSA) is 59.8 Å². The predicted octanol–water partition coefficient (Wildman–Crippen LogP) is 1.20. The van der Waals surface area contributed by atoms with Gasteiger partial charge < -0.3 is 9.64 Å². The van der Waals surface area contributed by atoms with E-state index in [4.69, 9.17) is 4.74 Å². The van der Waals surface area contributed by atoms with Crippen LogP contribution in [-0.4, -0.2) is 46.8 Å². The summed E-state index contributed by atoms with van der Waals surface area (Å²) in [4.78, 5) is 1.93. The standard InChI is InChI=1S/C19H30N2O3S/c1-16-6-7-17(2)18(14-16)25(22,23)20-15-19(8-4-3-5-9-19)21-10-12-24-13-11-21/h6-7,14,20H,3-5,8-13,15H2,1-2H3/p+1. The zero-order chi connectivity index (χ0) is 17.9. The van der Waals surface area contributed by atoms with Crippen LogP contribution in [0.15, 0.2) is 23.1 Å². The van der Waals surface area contributed by atoms with Crippen LogP contribution in [0.5, 0.6) is 0 Å². The Morgan fingerprint density at radius 3 is 2.48 bits per heavy atom. The van der Waals surface area contributed by atoms with Crippen molar-refractivity contribution in [2.45, 2.75) is 56.4 Å². The molecule has 0 radical (unpaired) electrons. The molecule has 0 unspecified atom stereocenters. The SMILES string of the molecule is Cc1ccc(C)c(S(=O)(=O)NCC2([NH+]3CCOCC3)CCCCC2)c1. The second-order valence-electron chi connectivity index (χ2n) is 7.65. The first kappa shape index (κ1) is 18.8. The van der Waals surface area contributed by atoms with Crippen molar-refractivity contribution in [1.29, 1.82) is 0 Å². The first-order valence-electron chi connectivity index (χ1n) is 9.43. The molecule has 0 amide bonds. The van der Waals surface area contributed by atoms with Crippen molar-refractivity contribution >= 4 is 10.0 Å². The minimum Gasteiger partial charge on any atom is -0.370 e. The van der Waals surface area contributed by atoms with Crippen molar-refractivity contribution in [2.24, 2.45) is 0 Å². The Balaban J connectivity index is 1.79. The Kier molecular flexibility index (Phi) is 5.83. The highest BCUT2D eigenvalue weighted by molar-refractivity contribution is 7.89. The first-order chi connectivity index (χ1) is 11.9. The van der Waals surface area contributed by atoms with Gasteiger partial charge in [-0.3, -0.25) is 0 Å². The predicted molar refractivity (Wildman–Crippen MR) is 98.4 cm³/mol. The van der Waals surface area contributed by atoms with Crippen LogP contribution < -0.4 is 9.62 Å². The van der Waals surface area contributed by atoms with Crippen LogP contribution in [0.4, 0.5) is 0 Å². The smallest absolute Gasteiger partial charge is 0.241 e. The van der Waals surface area contributed by atoms with Gasteiger partial charge in [0.1, 0.15) is 18.6 Å². The van der Waals surface area contributed by atoms with E-state index in [1.165, 1.54) is 24.2 Å². The van der Waals surface area contributed by atoms with Crippen molar-refractivity contribution in [3.63, 3.8) is 0 Å². The fourth-order valence-corrected chi connectivity index (χ4v) is 5.79. The van der Waals surface area contributed by atoms with Gasteiger partial charge in [-0.05, 0) is 43.9 Å². The van der Waals surface area contributed by atoms with Crippen molar-refractivity contribution < 1.29 is 18.1 Å². The Morgan fingerprint density at radius 1 is 1.12 bits per heavy atom. The zero-order valence-corrected chi connectivity index (χ0v) is 16.3. The molecule has 1 saturated carbocycles. The maximum atomic E-state index is 12.9. The molecule has 3 rings (SSSR count). The van der Waals surface area contributed by atoms with E-state index in [0.29, 0.717) is 11.4 Å². The van der Waals surface area contributed by atoms with Crippen LogP contribution in [0.2, 0.25) is 0 Å². The fraction of sp³-hybridized carbons (Fsp3) is 0.684. The summed E-state index contributed by atoms with van der Waals surface area (Å²) in [6.07, 6.45) is 5.83. The quantitative estimate of drug-likeness (QED) is 0.822. The molecule has 1 heterocycles. The van der Waals surface area contributed by atoms with E-state index >= 15 is 0 Å². The number of morpholine rings is 1. The van der Waals surface area contributed by atoms with Gasteiger partial charge >= 0.3 is 0 Å². The summed E-state index contributed by atoms with van der Waals surface area (Å²) in [6.45, 7) is 7.83. The lowest BCUT2D eigenvalue weighted by atomic mass is 9.80. The average molecular weight is 368 g/mol. The summed E-state index contributed by atoms with van der Waals surface area (Å²) >= 11 is 0. The van der Waals surface area contributed by atoms with E-state index in [1.807, 2.05) is 26.0 Å². The molecule has 1 saturated heterocycles. The third kappa shape index (κ3) is 4.25. The molecule has 2 fully saturated rings. The lowest BCUT2D eigenvalue weighted by molar-refractivity contribution is -0.960. The maximum absolute atomic E-state index is 12.9. The Labute approximate surface area is 151 Å². The van der Waals surface area contributed by atoms with Gasteiger partial charge in [-0.25, -0.2) is 13.1 Å². The monoisotopic (exact) mass is 367 g/mol. The van der Waals surface area contributed by atoms with Crippen molar-refractivity contribution in [3.8, 4) is 0 Å². The van der Waals surface area contributed by atoms with Gasteiger partial charge in [-0.2, -0.15) is 0 Å². The minimum absolute atomic E-state index is 0.0207. The Hall–Kier alpha value is -0.950. The Morgan fingerprint density at radius 2 is 1.80 bits per heavy atom. The molecule has 0 bridgehead atoms. The average Bonchev–Trinajstić information content (AvgIpc) is 2.63. The van der Waals surface area contributed by atoms with Crippen LogP contribution >= 0.6 is 0 Å². The maximum Gasteiger partial charge on any atom is 0.241 e. The third-order valence-electron chi connectivity index (χ3n) is 5.89. The van der Waals surface area contributed by atoms with E-state index in [-0.39, 0.29) is 5.54 Å². The lowest BCUT2D eigenvalue weighted by Gasteiger charge is -2.45. The van der Waals surface area contributed by atoms with Crippen LogP contribution in [0.3, 0.4) is 0 Å². The van der Waals surface area contributed by atoms with Gasteiger partial charge in [0, 0.05) is 12.8 Å². The number of rotatable bonds is 5. The van der Waals surface area contributed by atoms with Crippen LogP contribution in [-0.2, 0) is 14.8 Å². The highest BCUT2D eigenvalue weighted by Gasteiger charge is 2.43. The number of ether oxygens (including phenoxy) is 1. The normalized spacial score (nSPS) is 22.0. The van der Waals surface area contributed by atoms with Crippen LogP contribution in [0.1, 0.15) is 43.2 Å². The van der Waals surface area contributed by atoms with Crippen molar-refractivity contribution in [1.82, 2.24) is 4.72 Å².